The van der Waals surface area contributed by atoms with Gasteiger partial charge in [-0.15, -0.1) is 0 Å². The Balaban J connectivity index is 0.000000534. The number of nitrogens with zero attached hydrogens (tertiary/aromatic N) is 2. The summed E-state index contributed by atoms with van der Waals surface area (Å²) in [6, 6.07) is 10.4. The molecule has 1 fully saturated rings. The van der Waals surface area contributed by atoms with Gasteiger partial charge in [-0.05, 0) is 35.4 Å². The standard InChI is InChI=1S/C20H25FN2O3.C2H2O4/c1-25-18-11-16(12-19(26-2)20(18)24)14-23-9-7-22(8-10-23)13-15-3-5-17(21)6-4-15;3-1(4)2(5)6/h3-6,11-12,24H,7-10,13-14H2,1-2H3;(H,3,4)(H,5,6). The number of carboxylic acids is 2. The third kappa shape index (κ3) is 7.40. The van der Waals surface area contributed by atoms with Gasteiger partial charge in [-0.1, -0.05) is 12.1 Å². The maximum Gasteiger partial charge on any atom is 0.414 e. The van der Waals surface area contributed by atoms with Gasteiger partial charge in [-0.2, -0.15) is 0 Å². The Kier molecular flexibility index (Phi) is 9.23. The molecule has 32 heavy (non-hydrogen) atoms. The van der Waals surface area contributed by atoms with Crippen molar-refractivity contribution in [1.29, 1.82) is 0 Å². The van der Waals surface area contributed by atoms with Gasteiger partial charge < -0.3 is 24.8 Å². The average molecular weight is 450 g/mol. The molecular formula is C22H27FN2O7. The van der Waals surface area contributed by atoms with Crippen LogP contribution in [0.4, 0.5) is 4.39 Å². The molecular weight excluding hydrogens is 423 g/mol. The molecule has 1 heterocycles. The topological polar surface area (TPSA) is 120 Å². The van der Waals surface area contributed by atoms with Crippen molar-refractivity contribution in [3.8, 4) is 17.2 Å². The molecule has 0 unspecified atom stereocenters. The van der Waals surface area contributed by atoms with E-state index >= 15 is 0 Å². The fourth-order valence-electron chi connectivity index (χ4n) is 3.25. The number of carboxylic acid groups (broad SMARTS) is 2. The molecule has 2 aromatic carbocycles. The second-order valence-corrected chi connectivity index (χ2v) is 7.14. The summed E-state index contributed by atoms with van der Waals surface area (Å²) < 4.78 is 23.5. The summed E-state index contributed by atoms with van der Waals surface area (Å²) in [5.41, 5.74) is 2.18. The number of ether oxygens (including phenoxy) is 2. The summed E-state index contributed by atoms with van der Waals surface area (Å²) in [6.07, 6.45) is 0. The fourth-order valence-corrected chi connectivity index (χ4v) is 3.25. The number of phenols is 1. The zero-order valence-corrected chi connectivity index (χ0v) is 18.0. The number of carbonyl (C=O) groups is 2. The molecule has 0 saturated carbocycles. The van der Waals surface area contributed by atoms with E-state index in [1.54, 1.807) is 0 Å². The van der Waals surface area contributed by atoms with E-state index in [0.29, 0.717) is 11.5 Å². The molecule has 0 atom stereocenters. The molecule has 10 heteroatoms. The zero-order valence-electron chi connectivity index (χ0n) is 18.0. The number of methoxy groups -OCH3 is 2. The van der Waals surface area contributed by atoms with Crippen LogP contribution in [0.2, 0.25) is 0 Å². The molecule has 174 valence electrons. The van der Waals surface area contributed by atoms with Gasteiger partial charge in [0, 0.05) is 39.3 Å². The number of piperazine rings is 1. The molecule has 0 aromatic heterocycles. The fraction of sp³-hybridized carbons (Fsp3) is 0.364. The molecule has 0 radical (unpaired) electrons. The summed E-state index contributed by atoms with van der Waals surface area (Å²) in [5.74, 6) is -2.96. The minimum atomic E-state index is -1.82. The second-order valence-electron chi connectivity index (χ2n) is 7.14. The van der Waals surface area contributed by atoms with Crippen LogP contribution in [0.5, 0.6) is 17.2 Å². The maximum absolute atomic E-state index is 13.0. The lowest BCUT2D eigenvalue weighted by Gasteiger charge is -2.34. The van der Waals surface area contributed by atoms with E-state index in [1.165, 1.54) is 26.4 Å². The van der Waals surface area contributed by atoms with Crippen LogP contribution < -0.4 is 9.47 Å². The Bertz CT molecular complexity index is 876. The minimum Gasteiger partial charge on any atom is -0.502 e. The van der Waals surface area contributed by atoms with E-state index in [-0.39, 0.29) is 11.6 Å². The van der Waals surface area contributed by atoms with Gasteiger partial charge >= 0.3 is 11.9 Å². The Morgan fingerprint density at radius 1 is 0.844 bits per heavy atom. The van der Waals surface area contributed by atoms with Crippen LogP contribution in [0.3, 0.4) is 0 Å². The molecule has 0 bridgehead atoms. The number of rotatable bonds is 6. The Morgan fingerprint density at radius 2 is 1.25 bits per heavy atom. The van der Waals surface area contributed by atoms with Crippen molar-refractivity contribution in [1.82, 2.24) is 9.80 Å². The van der Waals surface area contributed by atoms with E-state index in [2.05, 4.69) is 9.80 Å². The number of aliphatic carboxylic acids is 2. The Morgan fingerprint density at radius 3 is 1.62 bits per heavy atom. The summed E-state index contributed by atoms with van der Waals surface area (Å²) in [5, 5.41) is 24.8. The van der Waals surface area contributed by atoms with Gasteiger partial charge in [0.1, 0.15) is 5.82 Å². The lowest BCUT2D eigenvalue weighted by molar-refractivity contribution is -0.159. The summed E-state index contributed by atoms with van der Waals surface area (Å²) in [7, 11) is 3.07. The van der Waals surface area contributed by atoms with Gasteiger partial charge in [0.05, 0.1) is 14.2 Å². The smallest absolute Gasteiger partial charge is 0.414 e. The second kappa shape index (κ2) is 11.9. The lowest BCUT2D eigenvalue weighted by atomic mass is 10.1. The van der Waals surface area contributed by atoms with Crippen molar-refractivity contribution in [2.24, 2.45) is 0 Å². The van der Waals surface area contributed by atoms with Crippen molar-refractivity contribution in [2.45, 2.75) is 13.1 Å². The van der Waals surface area contributed by atoms with Gasteiger partial charge in [0.25, 0.3) is 0 Å². The van der Waals surface area contributed by atoms with Crippen LogP contribution in [-0.4, -0.2) is 77.5 Å². The lowest BCUT2D eigenvalue weighted by Crippen LogP contribution is -2.45. The van der Waals surface area contributed by atoms with Gasteiger partial charge in [0.2, 0.25) is 5.75 Å². The van der Waals surface area contributed by atoms with Crippen LogP contribution in [0.25, 0.3) is 0 Å². The number of phenolic OH excluding ortho intramolecular Hbond substituents is 1. The Hall–Kier alpha value is -3.37. The molecule has 3 N–H and O–H groups in total. The largest absolute Gasteiger partial charge is 0.502 e. The van der Waals surface area contributed by atoms with Crippen molar-refractivity contribution >= 4 is 11.9 Å². The van der Waals surface area contributed by atoms with E-state index in [4.69, 9.17) is 29.3 Å². The summed E-state index contributed by atoms with van der Waals surface area (Å²) >= 11 is 0. The van der Waals surface area contributed by atoms with Crippen molar-refractivity contribution in [2.75, 3.05) is 40.4 Å². The van der Waals surface area contributed by atoms with Crippen molar-refractivity contribution in [3.05, 3.63) is 53.3 Å². The first-order chi connectivity index (χ1) is 15.2. The van der Waals surface area contributed by atoms with Crippen LogP contribution >= 0.6 is 0 Å². The number of benzene rings is 2. The SMILES string of the molecule is COc1cc(CN2CCN(Cc3ccc(F)cc3)CC2)cc(OC)c1O.O=C(O)C(=O)O. The molecule has 3 rings (SSSR count). The number of aromatic hydroxyl groups is 1. The maximum atomic E-state index is 13.0. The molecule has 0 amide bonds. The van der Waals surface area contributed by atoms with Crippen molar-refractivity contribution in [3.63, 3.8) is 0 Å². The van der Waals surface area contributed by atoms with Gasteiger partial charge in [0.15, 0.2) is 11.5 Å². The first-order valence-corrected chi connectivity index (χ1v) is 9.82. The molecule has 0 aliphatic carbocycles. The van der Waals surface area contributed by atoms with E-state index < -0.39 is 11.9 Å². The van der Waals surface area contributed by atoms with E-state index in [0.717, 1.165) is 50.4 Å². The number of halogens is 1. The highest BCUT2D eigenvalue weighted by Crippen LogP contribution is 2.37. The third-order valence-electron chi connectivity index (χ3n) is 4.91. The summed E-state index contributed by atoms with van der Waals surface area (Å²) in [6.45, 7) is 5.44. The quantitative estimate of drug-likeness (QED) is 0.568. The van der Waals surface area contributed by atoms with Crippen molar-refractivity contribution < 1.29 is 38.8 Å². The van der Waals surface area contributed by atoms with E-state index in [9.17, 15) is 9.50 Å². The average Bonchev–Trinajstić information content (AvgIpc) is 2.78. The number of hydrogen-bond acceptors (Lipinski definition) is 7. The Labute approximate surface area is 185 Å². The van der Waals surface area contributed by atoms with Gasteiger partial charge in [-0.3, -0.25) is 9.80 Å². The predicted molar refractivity (Wildman–Crippen MR) is 113 cm³/mol. The van der Waals surface area contributed by atoms with Crippen LogP contribution in [-0.2, 0) is 22.7 Å². The van der Waals surface area contributed by atoms with Crippen LogP contribution in [0, 0.1) is 5.82 Å². The molecule has 1 saturated heterocycles. The summed E-state index contributed by atoms with van der Waals surface area (Å²) in [4.78, 5) is 22.9. The number of hydrogen-bond donors (Lipinski definition) is 3. The molecule has 2 aromatic rings. The predicted octanol–water partition coefficient (Wildman–Crippen LogP) is 2.02. The molecule has 0 spiro atoms. The van der Waals surface area contributed by atoms with Crippen LogP contribution in [0.15, 0.2) is 36.4 Å². The molecule has 1 aliphatic heterocycles. The monoisotopic (exact) mass is 450 g/mol. The van der Waals surface area contributed by atoms with Crippen LogP contribution in [0.1, 0.15) is 11.1 Å². The normalized spacial score (nSPS) is 14.2. The highest BCUT2D eigenvalue weighted by molar-refractivity contribution is 6.27. The highest BCUT2D eigenvalue weighted by atomic mass is 19.1. The molecule has 9 nitrogen and oxygen atoms in total. The highest BCUT2D eigenvalue weighted by Gasteiger charge is 2.19. The first kappa shape index (κ1) is 24.9. The third-order valence-corrected chi connectivity index (χ3v) is 4.91. The minimum absolute atomic E-state index is 0.0304. The molecule has 1 aliphatic rings. The van der Waals surface area contributed by atoms with E-state index in [1.807, 2.05) is 24.3 Å². The first-order valence-electron chi connectivity index (χ1n) is 9.82. The zero-order chi connectivity index (χ0) is 23.7. The van der Waals surface area contributed by atoms with Gasteiger partial charge in [-0.25, -0.2) is 14.0 Å².